The van der Waals surface area contributed by atoms with E-state index < -0.39 is 0 Å². The normalized spacial score (nSPS) is 14.4. The Morgan fingerprint density at radius 2 is 1.76 bits per heavy atom. The molecule has 0 aromatic heterocycles. The molecular formula is C19H13Cl2NO2S. The number of halogens is 2. The summed E-state index contributed by atoms with van der Waals surface area (Å²) < 4.78 is 0. The summed E-state index contributed by atoms with van der Waals surface area (Å²) >= 11 is 13.5. The van der Waals surface area contributed by atoms with Crippen LogP contribution in [0.5, 0.6) is 0 Å². The first-order valence-electron chi connectivity index (χ1n) is 7.42. The molecule has 126 valence electrons. The Labute approximate surface area is 159 Å². The van der Waals surface area contributed by atoms with Gasteiger partial charge in [-0.3, -0.25) is 14.5 Å². The maximum Gasteiger partial charge on any atom is 0.268 e. The van der Waals surface area contributed by atoms with E-state index in [9.17, 15) is 9.59 Å². The van der Waals surface area contributed by atoms with Crippen LogP contribution >= 0.6 is 35.0 Å². The molecule has 0 spiro atoms. The molecule has 25 heavy (non-hydrogen) atoms. The number of hydrogen-bond donors (Lipinski definition) is 0. The van der Waals surface area contributed by atoms with E-state index in [1.807, 2.05) is 30.3 Å². The highest BCUT2D eigenvalue weighted by Gasteiger charge is 2.39. The van der Waals surface area contributed by atoms with Gasteiger partial charge in [-0.05, 0) is 24.3 Å². The number of carbonyl (C=O) groups is 2. The smallest absolute Gasteiger partial charge is 0.268 e. The van der Waals surface area contributed by atoms with Gasteiger partial charge < -0.3 is 0 Å². The fourth-order valence-corrected chi connectivity index (χ4v) is 4.01. The van der Waals surface area contributed by atoms with E-state index in [1.54, 1.807) is 18.2 Å². The van der Waals surface area contributed by atoms with Gasteiger partial charge in [0.1, 0.15) is 0 Å². The van der Waals surface area contributed by atoms with Crippen LogP contribution in [-0.2, 0) is 9.59 Å². The molecule has 3 nitrogen and oxygen atoms in total. The summed E-state index contributed by atoms with van der Waals surface area (Å²) in [4.78, 5) is 28.0. The number of rotatable bonds is 5. The molecule has 0 saturated carbocycles. The molecule has 0 N–H and O–H groups in total. The minimum atomic E-state index is -0.382. The number of amides is 2. The minimum Gasteiger partial charge on any atom is -0.270 e. The minimum absolute atomic E-state index is 0.144. The molecule has 1 aliphatic rings. The molecule has 3 rings (SSSR count). The molecule has 0 aliphatic carbocycles. The van der Waals surface area contributed by atoms with Crippen molar-refractivity contribution < 1.29 is 9.59 Å². The molecular weight excluding hydrogens is 377 g/mol. The third-order valence-corrected chi connectivity index (χ3v) is 5.24. The molecule has 2 aromatic carbocycles. The van der Waals surface area contributed by atoms with Crippen LogP contribution in [0.2, 0.25) is 10.0 Å². The van der Waals surface area contributed by atoms with Gasteiger partial charge in [-0.1, -0.05) is 65.3 Å². The Morgan fingerprint density at radius 1 is 1.04 bits per heavy atom. The second-order valence-corrected chi connectivity index (χ2v) is 7.18. The highest BCUT2D eigenvalue weighted by molar-refractivity contribution is 8.04. The fraction of sp³-hybridized carbons (Fsp3) is 0.0526. The van der Waals surface area contributed by atoms with E-state index in [0.717, 1.165) is 4.90 Å². The van der Waals surface area contributed by atoms with Crippen molar-refractivity contribution >= 4 is 52.4 Å². The first kappa shape index (κ1) is 17.8. The lowest BCUT2D eigenvalue weighted by molar-refractivity contribution is -0.135. The molecule has 0 radical (unpaired) electrons. The van der Waals surface area contributed by atoms with Gasteiger partial charge in [-0.15, -0.1) is 6.58 Å². The van der Waals surface area contributed by atoms with Gasteiger partial charge in [-0.2, -0.15) is 0 Å². The van der Waals surface area contributed by atoms with E-state index in [0.29, 0.717) is 26.1 Å². The Bertz CT molecular complexity index is 894. The van der Waals surface area contributed by atoms with E-state index in [2.05, 4.69) is 6.58 Å². The summed E-state index contributed by atoms with van der Waals surface area (Å²) in [6, 6.07) is 14.3. The van der Waals surface area contributed by atoms with Crippen molar-refractivity contribution in [1.29, 1.82) is 0 Å². The maximum absolute atomic E-state index is 12.8. The van der Waals surface area contributed by atoms with Crippen molar-refractivity contribution in [1.82, 2.24) is 4.90 Å². The zero-order chi connectivity index (χ0) is 18.0. The SMILES string of the molecule is C=CCN1C(=O)C(Sc2ccccc2)=C(c2ccc(Cl)cc2Cl)C1=O. The summed E-state index contributed by atoms with van der Waals surface area (Å²) in [6.07, 6.45) is 1.52. The third-order valence-electron chi connectivity index (χ3n) is 3.60. The third kappa shape index (κ3) is 3.52. The predicted octanol–water partition coefficient (Wildman–Crippen LogP) is 5.05. The van der Waals surface area contributed by atoms with Crippen molar-refractivity contribution in [2.75, 3.05) is 6.54 Å². The number of thioether (sulfide) groups is 1. The van der Waals surface area contributed by atoms with Crippen molar-refractivity contribution in [3.8, 4) is 0 Å². The molecule has 0 saturated heterocycles. The van der Waals surface area contributed by atoms with Gasteiger partial charge in [0.15, 0.2) is 0 Å². The highest BCUT2D eigenvalue weighted by atomic mass is 35.5. The van der Waals surface area contributed by atoms with Gasteiger partial charge in [0, 0.05) is 22.0 Å². The second-order valence-electron chi connectivity index (χ2n) is 5.25. The average Bonchev–Trinajstić information content (AvgIpc) is 2.81. The zero-order valence-electron chi connectivity index (χ0n) is 13.0. The van der Waals surface area contributed by atoms with Crippen molar-refractivity contribution in [3.05, 3.63) is 81.7 Å². The standard InChI is InChI=1S/C19H13Cl2NO2S/c1-2-10-22-18(23)16(14-9-8-12(20)11-15(14)21)17(19(22)24)25-13-6-4-3-5-7-13/h2-9,11H,1,10H2. The lowest BCUT2D eigenvalue weighted by Crippen LogP contribution is -2.31. The molecule has 1 aliphatic heterocycles. The number of carbonyl (C=O) groups excluding carboxylic acids is 2. The van der Waals surface area contributed by atoms with Crippen molar-refractivity contribution in [3.63, 3.8) is 0 Å². The molecule has 1 heterocycles. The topological polar surface area (TPSA) is 37.4 Å². The number of nitrogens with zero attached hydrogens (tertiary/aromatic N) is 1. The van der Waals surface area contributed by atoms with Crippen LogP contribution in [0.15, 0.2) is 71.0 Å². The van der Waals surface area contributed by atoms with Crippen molar-refractivity contribution in [2.45, 2.75) is 4.90 Å². The first-order valence-corrected chi connectivity index (χ1v) is 9.00. The van der Waals surface area contributed by atoms with Crippen LogP contribution in [0, 0.1) is 0 Å². The zero-order valence-corrected chi connectivity index (χ0v) is 15.4. The van der Waals surface area contributed by atoms with Gasteiger partial charge in [-0.25, -0.2) is 0 Å². The second kappa shape index (κ2) is 7.48. The molecule has 0 fully saturated rings. The summed E-state index contributed by atoms with van der Waals surface area (Å²) in [6.45, 7) is 3.76. The van der Waals surface area contributed by atoms with Gasteiger partial charge in [0.2, 0.25) is 0 Å². The van der Waals surface area contributed by atoms with E-state index in [1.165, 1.54) is 22.7 Å². The van der Waals surface area contributed by atoms with Gasteiger partial charge >= 0.3 is 0 Å². The number of benzene rings is 2. The first-order chi connectivity index (χ1) is 12.0. The van der Waals surface area contributed by atoms with Crippen LogP contribution in [0.25, 0.3) is 5.57 Å². The number of hydrogen-bond acceptors (Lipinski definition) is 3. The Balaban J connectivity index is 2.13. The van der Waals surface area contributed by atoms with Crippen LogP contribution in [0.3, 0.4) is 0 Å². The lowest BCUT2D eigenvalue weighted by atomic mass is 10.1. The predicted molar refractivity (Wildman–Crippen MR) is 103 cm³/mol. The van der Waals surface area contributed by atoms with Crippen LogP contribution in [-0.4, -0.2) is 23.3 Å². The molecule has 2 aromatic rings. The van der Waals surface area contributed by atoms with E-state index in [-0.39, 0.29) is 18.4 Å². The Hall–Kier alpha value is -2.01. The highest BCUT2D eigenvalue weighted by Crippen LogP contribution is 2.41. The maximum atomic E-state index is 12.8. The monoisotopic (exact) mass is 389 g/mol. The Morgan fingerprint density at radius 3 is 2.40 bits per heavy atom. The van der Waals surface area contributed by atoms with E-state index >= 15 is 0 Å². The summed E-state index contributed by atoms with van der Waals surface area (Å²) in [5.41, 5.74) is 0.789. The van der Waals surface area contributed by atoms with Crippen LogP contribution in [0.1, 0.15) is 5.56 Å². The largest absolute Gasteiger partial charge is 0.270 e. The number of imide groups is 1. The van der Waals surface area contributed by atoms with Gasteiger partial charge in [0.05, 0.1) is 15.5 Å². The van der Waals surface area contributed by atoms with Crippen LogP contribution in [0.4, 0.5) is 0 Å². The molecule has 2 amide bonds. The summed E-state index contributed by atoms with van der Waals surface area (Å²) in [7, 11) is 0. The molecule has 6 heteroatoms. The fourth-order valence-electron chi connectivity index (χ4n) is 2.48. The van der Waals surface area contributed by atoms with Crippen molar-refractivity contribution in [2.24, 2.45) is 0 Å². The molecule has 0 bridgehead atoms. The molecule has 0 atom stereocenters. The lowest BCUT2D eigenvalue weighted by Gasteiger charge is -2.12. The molecule has 0 unspecified atom stereocenters. The summed E-state index contributed by atoms with van der Waals surface area (Å²) in [5, 5.41) is 0.793. The van der Waals surface area contributed by atoms with E-state index in [4.69, 9.17) is 23.2 Å². The average molecular weight is 390 g/mol. The Kier molecular flexibility index (Phi) is 5.33. The quantitative estimate of drug-likeness (QED) is 0.530. The van der Waals surface area contributed by atoms with Crippen LogP contribution < -0.4 is 0 Å². The van der Waals surface area contributed by atoms with Gasteiger partial charge in [0.25, 0.3) is 11.8 Å². The summed E-state index contributed by atoms with van der Waals surface area (Å²) in [5.74, 6) is -0.729.